The topological polar surface area (TPSA) is 31.2 Å². The second-order valence-corrected chi connectivity index (χ2v) is 6.60. The first-order chi connectivity index (χ1) is 12.2. The number of ether oxygens (including phenoxy) is 1. The predicted octanol–water partition coefficient (Wildman–Crippen LogP) is 5.21. The number of esters is 1. The lowest BCUT2D eigenvalue weighted by atomic mass is 9.94. The molecule has 0 bridgehead atoms. The van der Waals surface area contributed by atoms with Gasteiger partial charge in [-0.1, -0.05) is 54.1 Å². The Morgan fingerprint density at radius 1 is 1.00 bits per heavy atom. The summed E-state index contributed by atoms with van der Waals surface area (Å²) in [6.07, 6.45) is 2.00. The average Bonchev–Trinajstić information content (AvgIpc) is 3.22. The van der Waals surface area contributed by atoms with Gasteiger partial charge in [0.25, 0.3) is 0 Å². The minimum absolute atomic E-state index is 0.296. The summed E-state index contributed by atoms with van der Waals surface area (Å²) >= 11 is 6.06. The highest BCUT2D eigenvalue weighted by molar-refractivity contribution is 6.30. The van der Waals surface area contributed by atoms with Gasteiger partial charge >= 0.3 is 5.97 Å². The molecule has 0 atom stereocenters. The van der Waals surface area contributed by atoms with E-state index in [4.69, 9.17) is 16.3 Å². The minimum Gasteiger partial charge on any atom is -0.464 e. The smallest absolute Gasteiger partial charge is 0.355 e. The lowest BCUT2D eigenvalue weighted by Crippen LogP contribution is -2.10. The van der Waals surface area contributed by atoms with E-state index in [1.54, 1.807) is 0 Å². The van der Waals surface area contributed by atoms with E-state index in [0.717, 1.165) is 41.6 Å². The van der Waals surface area contributed by atoms with Crippen LogP contribution in [0.25, 0.3) is 22.3 Å². The van der Waals surface area contributed by atoms with Crippen molar-refractivity contribution in [1.29, 1.82) is 0 Å². The van der Waals surface area contributed by atoms with Crippen LogP contribution in [-0.2, 0) is 17.7 Å². The summed E-state index contributed by atoms with van der Waals surface area (Å²) in [5.74, 6) is -0.296. The van der Waals surface area contributed by atoms with Gasteiger partial charge < -0.3 is 9.30 Å². The Bertz CT molecular complexity index is 927. The zero-order valence-corrected chi connectivity index (χ0v) is 14.7. The van der Waals surface area contributed by atoms with Crippen molar-refractivity contribution in [2.24, 2.45) is 0 Å². The van der Waals surface area contributed by atoms with Gasteiger partial charge in [0.1, 0.15) is 5.69 Å². The van der Waals surface area contributed by atoms with Crippen LogP contribution in [0.2, 0.25) is 5.02 Å². The van der Waals surface area contributed by atoms with Gasteiger partial charge in [-0.05, 0) is 36.1 Å². The van der Waals surface area contributed by atoms with Crippen molar-refractivity contribution in [2.75, 3.05) is 7.11 Å². The Morgan fingerprint density at radius 3 is 2.36 bits per heavy atom. The molecule has 0 saturated heterocycles. The van der Waals surface area contributed by atoms with Crippen molar-refractivity contribution < 1.29 is 9.53 Å². The molecular weight excluding hydrogens is 334 g/mol. The fourth-order valence-corrected chi connectivity index (χ4v) is 3.83. The molecule has 1 aliphatic rings. The van der Waals surface area contributed by atoms with Crippen LogP contribution in [-0.4, -0.2) is 17.6 Å². The van der Waals surface area contributed by atoms with Gasteiger partial charge in [-0.2, -0.15) is 0 Å². The van der Waals surface area contributed by atoms with Crippen molar-refractivity contribution in [1.82, 2.24) is 4.57 Å². The first-order valence-electron chi connectivity index (χ1n) is 8.35. The Balaban J connectivity index is 2.06. The van der Waals surface area contributed by atoms with Crippen LogP contribution < -0.4 is 0 Å². The van der Waals surface area contributed by atoms with E-state index < -0.39 is 0 Å². The summed E-state index contributed by atoms with van der Waals surface area (Å²) in [4.78, 5) is 12.6. The molecule has 0 aliphatic carbocycles. The van der Waals surface area contributed by atoms with Crippen LogP contribution in [0.1, 0.15) is 22.6 Å². The Hall–Kier alpha value is -2.52. The molecule has 0 spiro atoms. The number of carbonyl (C=O) groups is 1. The van der Waals surface area contributed by atoms with Crippen molar-refractivity contribution in [3.8, 4) is 22.3 Å². The molecule has 25 heavy (non-hydrogen) atoms. The number of halogens is 1. The first kappa shape index (κ1) is 16.0. The molecule has 0 fully saturated rings. The van der Waals surface area contributed by atoms with E-state index >= 15 is 0 Å². The number of fused-ring (bicyclic) bond motifs is 1. The molecule has 4 rings (SSSR count). The third kappa shape index (κ3) is 2.65. The number of hydrogen-bond donors (Lipinski definition) is 0. The number of rotatable bonds is 3. The first-order valence-corrected chi connectivity index (χ1v) is 8.73. The van der Waals surface area contributed by atoms with Crippen LogP contribution in [0.15, 0.2) is 54.6 Å². The number of benzene rings is 2. The Kier molecular flexibility index (Phi) is 4.10. The zero-order chi connectivity index (χ0) is 17.4. The minimum atomic E-state index is -0.296. The summed E-state index contributed by atoms with van der Waals surface area (Å²) in [5.41, 5.74) is 6.00. The predicted molar refractivity (Wildman–Crippen MR) is 100.0 cm³/mol. The highest BCUT2D eigenvalue weighted by Crippen LogP contribution is 2.43. The molecule has 4 heteroatoms. The molecular formula is C21H18ClNO2. The van der Waals surface area contributed by atoms with Gasteiger partial charge in [-0.25, -0.2) is 4.79 Å². The van der Waals surface area contributed by atoms with Crippen molar-refractivity contribution in [3.63, 3.8) is 0 Å². The standard InChI is InChI=1S/C21H18ClNO2/c1-25-21(24)20-19(15-9-11-16(22)12-10-15)18(14-6-3-2-4-7-14)17-8-5-13-23(17)20/h2-4,6-7,9-12H,5,8,13H2,1H3. The Morgan fingerprint density at radius 2 is 1.68 bits per heavy atom. The van der Waals surface area contributed by atoms with E-state index in [1.807, 2.05) is 42.5 Å². The van der Waals surface area contributed by atoms with Gasteiger partial charge in [-0.15, -0.1) is 0 Å². The van der Waals surface area contributed by atoms with Crippen LogP contribution in [0.5, 0.6) is 0 Å². The molecule has 1 aliphatic heterocycles. The van der Waals surface area contributed by atoms with E-state index in [2.05, 4.69) is 16.7 Å². The maximum absolute atomic E-state index is 12.6. The number of hydrogen-bond acceptors (Lipinski definition) is 2. The van der Waals surface area contributed by atoms with Crippen molar-refractivity contribution in [2.45, 2.75) is 19.4 Å². The molecule has 0 saturated carbocycles. The fraction of sp³-hybridized carbons (Fsp3) is 0.190. The number of carbonyl (C=O) groups excluding carboxylic acids is 1. The van der Waals surface area contributed by atoms with E-state index in [-0.39, 0.29) is 5.97 Å². The summed E-state index contributed by atoms with van der Waals surface area (Å²) in [5, 5.41) is 0.677. The van der Waals surface area contributed by atoms with Crippen LogP contribution in [0, 0.1) is 0 Å². The fourth-order valence-electron chi connectivity index (χ4n) is 3.70. The highest BCUT2D eigenvalue weighted by atomic mass is 35.5. The normalized spacial score (nSPS) is 12.9. The molecule has 126 valence electrons. The van der Waals surface area contributed by atoms with Gasteiger partial charge in [-0.3, -0.25) is 0 Å². The molecule has 0 radical (unpaired) electrons. The zero-order valence-electron chi connectivity index (χ0n) is 14.0. The second kappa shape index (κ2) is 6.41. The summed E-state index contributed by atoms with van der Waals surface area (Å²) in [6, 6.07) is 17.9. The van der Waals surface area contributed by atoms with Crippen LogP contribution in [0.3, 0.4) is 0 Å². The van der Waals surface area contributed by atoms with Crippen LogP contribution >= 0.6 is 11.6 Å². The summed E-state index contributed by atoms with van der Waals surface area (Å²) < 4.78 is 7.23. The highest BCUT2D eigenvalue weighted by Gasteiger charge is 2.31. The van der Waals surface area contributed by atoms with E-state index in [0.29, 0.717) is 10.7 Å². The van der Waals surface area contributed by atoms with Crippen molar-refractivity contribution >= 4 is 17.6 Å². The number of aromatic nitrogens is 1. The summed E-state index contributed by atoms with van der Waals surface area (Å²) in [7, 11) is 1.44. The molecule has 1 aromatic heterocycles. The monoisotopic (exact) mass is 351 g/mol. The third-order valence-electron chi connectivity index (χ3n) is 4.74. The molecule has 2 heterocycles. The van der Waals surface area contributed by atoms with E-state index in [1.165, 1.54) is 12.8 Å². The molecule has 2 aromatic carbocycles. The SMILES string of the molecule is COC(=O)c1c(-c2ccc(Cl)cc2)c(-c2ccccc2)c2n1CCC2. The maximum atomic E-state index is 12.6. The lowest BCUT2D eigenvalue weighted by molar-refractivity contribution is 0.0590. The van der Waals surface area contributed by atoms with Gasteiger partial charge in [0.2, 0.25) is 0 Å². The maximum Gasteiger partial charge on any atom is 0.355 e. The largest absolute Gasteiger partial charge is 0.464 e. The molecule has 0 amide bonds. The average molecular weight is 352 g/mol. The molecule has 0 N–H and O–H groups in total. The number of methoxy groups -OCH3 is 1. The van der Waals surface area contributed by atoms with E-state index in [9.17, 15) is 4.79 Å². The molecule has 0 unspecified atom stereocenters. The van der Waals surface area contributed by atoms with Crippen LogP contribution in [0.4, 0.5) is 0 Å². The molecule has 3 nitrogen and oxygen atoms in total. The molecule has 3 aromatic rings. The number of nitrogens with zero attached hydrogens (tertiary/aromatic N) is 1. The quantitative estimate of drug-likeness (QED) is 0.607. The third-order valence-corrected chi connectivity index (χ3v) is 4.99. The lowest BCUT2D eigenvalue weighted by Gasteiger charge is -2.10. The van der Waals surface area contributed by atoms with Gasteiger partial charge in [0, 0.05) is 28.4 Å². The Labute approximate surface area is 151 Å². The van der Waals surface area contributed by atoms with Gasteiger partial charge in [0.15, 0.2) is 0 Å². The van der Waals surface area contributed by atoms with Gasteiger partial charge in [0.05, 0.1) is 7.11 Å². The van der Waals surface area contributed by atoms with Crippen molar-refractivity contribution in [3.05, 3.63) is 71.0 Å². The second-order valence-electron chi connectivity index (χ2n) is 6.16. The summed E-state index contributed by atoms with van der Waals surface area (Å²) in [6.45, 7) is 0.840.